The van der Waals surface area contributed by atoms with E-state index in [1.165, 1.54) is 12.1 Å². The molecule has 17 heavy (non-hydrogen) atoms. The Balaban J connectivity index is 0. The molecule has 0 bridgehead atoms. The molecule has 7 heteroatoms. The molecule has 0 radical (unpaired) electrons. The third-order valence-electron chi connectivity index (χ3n) is 1.35. The predicted octanol–water partition coefficient (Wildman–Crippen LogP) is -1.43. The van der Waals surface area contributed by atoms with Gasteiger partial charge in [-0.2, -0.15) is 0 Å². The Morgan fingerprint density at radius 2 is 1.59 bits per heavy atom. The zero-order valence-electron chi connectivity index (χ0n) is 10.3. The minimum atomic E-state index is -4.63. The molecule has 1 aromatic carbocycles. The van der Waals surface area contributed by atoms with Crippen molar-refractivity contribution in [2.45, 2.75) is 13.8 Å². The van der Waals surface area contributed by atoms with E-state index in [4.69, 9.17) is 4.74 Å². The average molecular weight is 270 g/mol. The largest absolute Gasteiger partial charge is 1.00 e. The summed E-state index contributed by atoms with van der Waals surface area (Å²) in [5.74, 6) is 0.0301. The Hall–Kier alpha value is -0.110. The number of hydrogen-bond donors (Lipinski definition) is 0. The van der Waals surface area contributed by atoms with Crippen molar-refractivity contribution in [3.05, 3.63) is 30.3 Å². The Morgan fingerprint density at radius 1 is 1.12 bits per heavy atom. The van der Waals surface area contributed by atoms with Crippen LogP contribution in [0.2, 0.25) is 0 Å². The number of ether oxygens (including phenoxy) is 1. The summed E-state index contributed by atoms with van der Waals surface area (Å²) in [6.45, 7) is 5.67. The van der Waals surface area contributed by atoms with Crippen molar-refractivity contribution >= 4 is 10.4 Å². The van der Waals surface area contributed by atoms with E-state index in [0.29, 0.717) is 0 Å². The van der Waals surface area contributed by atoms with Crippen LogP contribution in [0.4, 0.5) is 0 Å². The maximum Gasteiger partial charge on any atom is 1.00 e. The van der Waals surface area contributed by atoms with Gasteiger partial charge in [-0.1, -0.05) is 18.2 Å². The van der Waals surface area contributed by atoms with E-state index in [9.17, 15) is 13.0 Å². The van der Waals surface area contributed by atoms with Crippen LogP contribution in [0.25, 0.3) is 0 Å². The van der Waals surface area contributed by atoms with Gasteiger partial charge in [-0.3, -0.25) is 0 Å². The first-order valence-electron chi connectivity index (χ1n) is 4.77. The van der Waals surface area contributed by atoms with Crippen molar-refractivity contribution in [1.82, 2.24) is 0 Å². The van der Waals surface area contributed by atoms with E-state index in [1.54, 1.807) is 18.2 Å². The van der Waals surface area contributed by atoms with E-state index < -0.39 is 10.4 Å². The first-order chi connectivity index (χ1) is 7.49. The van der Waals surface area contributed by atoms with Crippen LogP contribution >= 0.6 is 0 Å². The number of benzene rings is 1. The van der Waals surface area contributed by atoms with Gasteiger partial charge in [-0.25, -0.2) is 8.42 Å². The minimum Gasteiger partial charge on any atom is -0.716 e. The fourth-order valence-corrected chi connectivity index (χ4v) is 1.14. The summed E-state index contributed by atoms with van der Waals surface area (Å²) in [5, 5.41) is 0. The van der Waals surface area contributed by atoms with Crippen molar-refractivity contribution in [2.75, 3.05) is 13.2 Å². The fraction of sp³-hybridized carbons (Fsp3) is 0.400. The monoisotopic (exact) mass is 270 g/mol. The summed E-state index contributed by atoms with van der Waals surface area (Å²) in [7, 11) is -4.63. The summed E-state index contributed by atoms with van der Waals surface area (Å²) in [4.78, 5) is 0. The maximum atomic E-state index is 10.0. The third-order valence-corrected chi connectivity index (χ3v) is 1.75. The molecule has 0 aliphatic rings. The molecular weight excluding hydrogens is 255 g/mol. The first kappa shape index (κ1) is 19.2. The molecule has 0 fully saturated rings. The number of para-hydroxylation sites is 1. The van der Waals surface area contributed by atoms with Crippen LogP contribution in [-0.4, -0.2) is 26.2 Å². The minimum absolute atomic E-state index is 0. The van der Waals surface area contributed by atoms with Gasteiger partial charge in [0.1, 0.15) is 5.75 Å². The van der Waals surface area contributed by atoms with E-state index >= 15 is 0 Å². The van der Waals surface area contributed by atoms with Crippen LogP contribution in [0.3, 0.4) is 0 Å². The molecule has 0 aromatic heterocycles. The van der Waals surface area contributed by atoms with Gasteiger partial charge in [0.25, 0.3) is 10.4 Å². The average Bonchev–Trinajstić information content (AvgIpc) is 2.19. The Bertz CT molecular complexity index is 364. The smallest absolute Gasteiger partial charge is 0.716 e. The van der Waals surface area contributed by atoms with Gasteiger partial charge in [0, 0.05) is 13.2 Å². The maximum absolute atomic E-state index is 10.0. The topological polar surface area (TPSA) is 75.7 Å². The first-order valence-corrected chi connectivity index (χ1v) is 6.11. The zero-order valence-corrected chi connectivity index (χ0v) is 13.1. The zero-order chi connectivity index (χ0) is 12.4. The number of rotatable bonds is 4. The Kier molecular flexibility index (Phi) is 12.5. The van der Waals surface area contributed by atoms with Gasteiger partial charge in [0.15, 0.2) is 0 Å². The van der Waals surface area contributed by atoms with Crippen LogP contribution in [0, 0.1) is 0 Å². The molecule has 0 atom stereocenters. The van der Waals surface area contributed by atoms with Gasteiger partial charge in [-0.15, -0.1) is 0 Å². The van der Waals surface area contributed by atoms with Gasteiger partial charge in [0.2, 0.25) is 0 Å². The van der Waals surface area contributed by atoms with E-state index in [2.05, 4.69) is 4.18 Å². The molecule has 0 aliphatic carbocycles. The summed E-state index contributed by atoms with van der Waals surface area (Å²) < 4.78 is 38.9. The molecule has 1 rings (SSSR count). The summed E-state index contributed by atoms with van der Waals surface area (Å²) >= 11 is 0. The molecule has 0 N–H and O–H groups in total. The van der Waals surface area contributed by atoms with E-state index in [1.807, 2.05) is 13.8 Å². The summed E-state index contributed by atoms with van der Waals surface area (Å²) in [6.07, 6.45) is 0. The standard InChI is InChI=1S/C6H6O4S.C4H10O.Na/c7-11(8,9)10-6-4-2-1-3-5-6;1-3-5-4-2;/h1-5H,(H,7,8,9);3-4H2,1-2H3;/q;;+1/p-1. The fourth-order valence-electron chi connectivity index (χ4n) is 0.798. The molecule has 0 unspecified atom stereocenters. The molecule has 5 nitrogen and oxygen atoms in total. The molecule has 0 saturated carbocycles. The Labute approximate surface area is 124 Å². The molecule has 0 aliphatic heterocycles. The Morgan fingerprint density at radius 3 is 1.88 bits per heavy atom. The van der Waals surface area contributed by atoms with Crippen LogP contribution in [0.5, 0.6) is 5.75 Å². The SMILES string of the molecule is CCOCC.O=S(=O)([O-])Oc1ccccc1.[Na+]. The molecule has 0 amide bonds. The van der Waals surface area contributed by atoms with Gasteiger partial charge >= 0.3 is 29.6 Å². The van der Waals surface area contributed by atoms with E-state index in [0.717, 1.165) is 13.2 Å². The van der Waals surface area contributed by atoms with Crippen LogP contribution in [-0.2, 0) is 15.1 Å². The molecular formula is C10H15NaO5S. The molecule has 92 valence electrons. The molecule has 0 heterocycles. The van der Waals surface area contributed by atoms with Gasteiger partial charge in [-0.05, 0) is 26.0 Å². The molecule has 1 aromatic rings. The van der Waals surface area contributed by atoms with Gasteiger partial charge < -0.3 is 13.5 Å². The second kappa shape index (κ2) is 11.0. The predicted molar refractivity (Wildman–Crippen MR) is 58.9 cm³/mol. The second-order valence-electron chi connectivity index (χ2n) is 2.59. The number of hydrogen-bond acceptors (Lipinski definition) is 5. The quantitative estimate of drug-likeness (QED) is 0.381. The second-order valence-corrected chi connectivity index (χ2v) is 3.57. The van der Waals surface area contributed by atoms with Crippen LogP contribution < -0.4 is 33.7 Å². The summed E-state index contributed by atoms with van der Waals surface area (Å²) in [6, 6.07) is 7.59. The third kappa shape index (κ3) is 13.8. The van der Waals surface area contributed by atoms with Crippen molar-refractivity contribution in [3.8, 4) is 5.75 Å². The molecule has 0 spiro atoms. The van der Waals surface area contributed by atoms with Crippen molar-refractivity contribution in [1.29, 1.82) is 0 Å². The van der Waals surface area contributed by atoms with Crippen LogP contribution in [0.1, 0.15) is 13.8 Å². The van der Waals surface area contributed by atoms with Crippen LogP contribution in [0.15, 0.2) is 30.3 Å². The normalized spacial score (nSPS) is 9.59. The van der Waals surface area contributed by atoms with Crippen molar-refractivity contribution < 1.29 is 51.4 Å². The molecule has 0 saturated heterocycles. The van der Waals surface area contributed by atoms with Crippen molar-refractivity contribution in [3.63, 3.8) is 0 Å². The van der Waals surface area contributed by atoms with E-state index in [-0.39, 0.29) is 35.3 Å². The summed E-state index contributed by atoms with van der Waals surface area (Å²) in [5.41, 5.74) is 0. The van der Waals surface area contributed by atoms with Crippen molar-refractivity contribution in [2.24, 2.45) is 0 Å². The van der Waals surface area contributed by atoms with Gasteiger partial charge in [0.05, 0.1) is 0 Å².